The van der Waals surface area contributed by atoms with Crippen LogP contribution in [0, 0.1) is 25.2 Å². The molecular formula is C29H28N2O. The van der Waals surface area contributed by atoms with Gasteiger partial charge in [0, 0.05) is 0 Å². The zero-order valence-corrected chi connectivity index (χ0v) is 19.0. The van der Waals surface area contributed by atoms with Crippen LogP contribution in [0.1, 0.15) is 39.9 Å². The minimum absolute atomic E-state index is 0.0727. The Bertz CT molecular complexity index is 1180. The number of methoxy groups -OCH3 is 1. The van der Waals surface area contributed by atoms with Crippen molar-refractivity contribution in [2.45, 2.75) is 25.9 Å². The van der Waals surface area contributed by atoms with Gasteiger partial charge in [-0.2, -0.15) is 5.26 Å². The highest BCUT2D eigenvalue weighted by molar-refractivity contribution is 5.79. The molecule has 0 radical (unpaired) electrons. The van der Waals surface area contributed by atoms with Crippen LogP contribution in [-0.4, -0.2) is 19.1 Å². The fourth-order valence-corrected chi connectivity index (χ4v) is 4.30. The van der Waals surface area contributed by atoms with E-state index >= 15 is 0 Å². The van der Waals surface area contributed by atoms with Crippen LogP contribution in [0.15, 0.2) is 90.5 Å². The van der Waals surface area contributed by atoms with Crippen molar-refractivity contribution in [3.63, 3.8) is 0 Å². The van der Waals surface area contributed by atoms with E-state index < -0.39 is 0 Å². The summed E-state index contributed by atoms with van der Waals surface area (Å²) < 4.78 is 5.27. The molecule has 160 valence electrons. The zero-order chi connectivity index (χ0) is 22.7. The average molecular weight is 421 g/mol. The lowest BCUT2D eigenvalue weighted by Gasteiger charge is -2.28. The first kappa shape index (κ1) is 21.6. The van der Waals surface area contributed by atoms with Gasteiger partial charge in [-0.25, -0.2) is 0 Å². The molecule has 0 N–H and O–H groups in total. The van der Waals surface area contributed by atoms with Crippen molar-refractivity contribution in [2.24, 2.45) is 0 Å². The molecule has 1 aliphatic rings. The minimum Gasteiger partial charge on any atom is -0.497 e. The second kappa shape index (κ2) is 9.26. The van der Waals surface area contributed by atoms with Gasteiger partial charge in [0.05, 0.1) is 30.8 Å². The number of hydrogen-bond acceptors (Lipinski definition) is 3. The maximum Gasteiger partial charge on any atom is 0.118 e. The summed E-state index contributed by atoms with van der Waals surface area (Å²) in [5.74, 6) is 0.780. The maximum atomic E-state index is 9.95. The third kappa shape index (κ3) is 4.37. The largest absolute Gasteiger partial charge is 0.497 e. The monoisotopic (exact) mass is 420 g/mol. The summed E-state index contributed by atoms with van der Waals surface area (Å²) in [5, 5.41) is 9.95. The van der Waals surface area contributed by atoms with E-state index in [4.69, 9.17) is 4.74 Å². The van der Waals surface area contributed by atoms with Crippen LogP contribution in [0.5, 0.6) is 5.75 Å². The number of nitrogens with zero attached hydrogens (tertiary/aromatic N) is 2. The lowest BCUT2D eigenvalue weighted by molar-refractivity contribution is 0.261. The summed E-state index contributed by atoms with van der Waals surface area (Å²) in [6.07, 6.45) is 4.33. The van der Waals surface area contributed by atoms with Crippen molar-refractivity contribution in [1.29, 1.82) is 5.26 Å². The van der Waals surface area contributed by atoms with E-state index in [0.717, 1.165) is 16.9 Å². The van der Waals surface area contributed by atoms with Gasteiger partial charge in [-0.05, 0) is 73.5 Å². The molecule has 0 fully saturated rings. The summed E-state index contributed by atoms with van der Waals surface area (Å²) in [6.45, 7) is 4.21. The van der Waals surface area contributed by atoms with Gasteiger partial charge in [-0.3, -0.25) is 4.90 Å². The Morgan fingerprint density at radius 3 is 1.97 bits per heavy atom. The first-order chi connectivity index (χ1) is 15.5. The van der Waals surface area contributed by atoms with Crippen molar-refractivity contribution in [3.8, 4) is 11.8 Å². The van der Waals surface area contributed by atoms with Crippen molar-refractivity contribution in [1.82, 2.24) is 4.90 Å². The van der Waals surface area contributed by atoms with E-state index in [9.17, 15) is 5.26 Å². The van der Waals surface area contributed by atoms with Crippen LogP contribution in [0.2, 0.25) is 0 Å². The Morgan fingerprint density at radius 2 is 1.44 bits per heavy atom. The summed E-state index contributed by atoms with van der Waals surface area (Å²) in [6, 6.07) is 27.7. The van der Waals surface area contributed by atoms with E-state index in [1.807, 2.05) is 30.3 Å². The fraction of sp³-hybridized carbons (Fsp3) is 0.207. The second-order valence-corrected chi connectivity index (χ2v) is 8.40. The van der Waals surface area contributed by atoms with Crippen LogP contribution in [0.3, 0.4) is 0 Å². The number of hydrogen-bond donors (Lipinski definition) is 0. The van der Waals surface area contributed by atoms with Gasteiger partial charge in [0.15, 0.2) is 0 Å². The molecule has 1 heterocycles. The summed E-state index contributed by atoms with van der Waals surface area (Å²) in [5.41, 5.74) is 7.63. The molecule has 3 nitrogen and oxygen atoms in total. The topological polar surface area (TPSA) is 36.3 Å². The van der Waals surface area contributed by atoms with Gasteiger partial charge in [0.2, 0.25) is 0 Å². The highest BCUT2D eigenvalue weighted by atomic mass is 16.5. The minimum atomic E-state index is 0.0727. The second-order valence-electron chi connectivity index (χ2n) is 8.40. The number of ether oxygens (including phenoxy) is 1. The number of benzene rings is 3. The number of aryl methyl sites for hydroxylation is 2. The predicted molar refractivity (Wildman–Crippen MR) is 130 cm³/mol. The maximum absolute atomic E-state index is 9.95. The lowest BCUT2D eigenvalue weighted by atomic mass is 9.95. The van der Waals surface area contributed by atoms with Crippen LogP contribution < -0.4 is 4.74 Å². The van der Waals surface area contributed by atoms with Crippen LogP contribution in [-0.2, 0) is 0 Å². The van der Waals surface area contributed by atoms with Crippen molar-refractivity contribution < 1.29 is 4.74 Å². The Morgan fingerprint density at radius 1 is 0.875 bits per heavy atom. The average Bonchev–Trinajstić information content (AvgIpc) is 3.14. The summed E-state index contributed by atoms with van der Waals surface area (Å²) in [7, 11) is 3.80. The van der Waals surface area contributed by atoms with E-state index in [1.54, 1.807) is 7.11 Å². The highest BCUT2D eigenvalue weighted by Crippen LogP contribution is 2.43. The van der Waals surface area contributed by atoms with E-state index in [2.05, 4.69) is 86.5 Å². The van der Waals surface area contributed by atoms with Crippen LogP contribution in [0.4, 0.5) is 0 Å². The number of rotatable bonds is 5. The Kier molecular flexibility index (Phi) is 6.25. The molecule has 32 heavy (non-hydrogen) atoms. The third-order valence-electron chi connectivity index (χ3n) is 6.16. The lowest BCUT2D eigenvalue weighted by Crippen LogP contribution is -2.23. The van der Waals surface area contributed by atoms with Gasteiger partial charge in [-0.15, -0.1) is 0 Å². The molecule has 4 rings (SSSR count). The molecule has 3 aromatic carbocycles. The van der Waals surface area contributed by atoms with Gasteiger partial charge in [-0.1, -0.05) is 65.7 Å². The number of allylic oxidation sites excluding steroid dienone is 1. The molecule has 1 aliphatic heterocycles. The molecule has 0 amide bonds. The molecule has 0 bridgehead atoms. The first-order valence-electron chi connectivity index (χ1n) is 10.8. The fourth-order valence-electron chi connectivity index (χ4n) is 4.30. The zero-order valence-electron chi connectivity index (χ0n) is 19.0. The molecule has 0 saturated carbocycles. The number of likely N-dealkylation sites (N-methyl/N-ethyl adjacent to an activating group) is 1. The van der Waals surface area contributed by atoms with E-state index in [0.29, 0.717) is 5.57 Å². The summed E-state index contributed by atoms with van der Waals surface area (Å²) in [4.78, 5) is 2.38. The van der Waals surface area contributed by atoms with Crippen LogP contribution in [0.25, 0.3) is 5.57 Å². The summed E-state index contributed by atoms with van der Waals surface area (Å²) >= 11 is 0. The molecular weight excluding hydrogens is 392 g/mol. The van der Waals surface area contributed by atoms with Gasteiger partial charge in [0.1, 0.15) is 5.75 Å². The molecule has 2 unspecified atom stereocenters. The van der Waals surface area contributed by atoms with Gasteiger partial charge in [0.25, 0.3) is 0 Å². The highest BCUT2D eigenvalue weighted by Gasteiger charge is 2.33. The smallest absolute Gasteiger partial charge is 0.118 e. The Balaban J connectivity index is 1.78. The first-order valence-corrected chi connectivity index (χ1v) is 10.8. The SMILES string of the molecule is COc1ccc(/C(C#N)=C\C2=CC(c3ccc(C)cc3)N(C)C2c2ccc(C)cc2)cc1. The van der Waals surface area contributed by atoms with E-state index in [1.165, 1.54) is 22.3 Å². The van der Waals surface area contributed by atoms with Gasteiger partial charge >= 0.3 is 0 Å². The third-order valence-corrected chi connectivity index (χ3v) is 6.16. The van der Waals surface area contributed by atoms with Crippen molar-refractivity contribution in [3.05, 3.63) is 118 Å². The van der Waals surface area contributed by atoms with Gasteiger partial charge < -0.3 is 4.74 Å². The molecule has 0 spiro atoms. The molecule has 0 saturated heterocycles. The normalized spacial score (nSPS) is 18.8. The van der Waals surface area contributed by atoms with Crippen molar-refractivity contribution >= 4 is 5.57 Å². The molecule has 3 aromatic rings. The predicted octanol–water partition coefficient (Wildman–Crippen LogP) is 6.57. The molecule has 3 heteroatoms. The van der Waals surface area contributed by atoms with E-state index in [-0.39, 0.29) is 12.1 Å². The molecule has 2 atom stereocenters. The van der Waals surface area contributed by atoms with Crippen LogP contribution >= 0.6 is 0 Å². The quantitative estimate of drug-likeness (QED) is 0.438. The standard InChI is InChI=1S/C29H28N2O/c1-20-5-9-23(10-6-20)28-18-25(29(31(28)3)24-11-7-21(2)8-12-24)17-26(19-30)22-13-15-27(32-4)16-14-22/h5-18,28-29H,1-4H3/b26-17-. The Hall–Kier alpha value is -3.61. The number of nitriles is 1. The van der Waals surface area contributed by atoms with Crippen molar-refractivity contribution in [2.75, 3.05) is 14.2 Å². The molecule has 0 aromatic heterocycles. The Labute approximate surface area is 190 Å². The molecule has 0 aliphatic carbocycles.